The van der Waals surface area contributed by atoms with Gasteiger partial charge in [-0.2, -0.15) is 0 Å². The SMILES string of the molecule is CCN(CC(C)C)C(C)(CN)CC(OC)OC. The fraction of sp³-hybridized carbons (Fsp3) is 1.00. The van der Waals surface area contributed by atoms with E-state index in [1.54, 1.807) is 14.2 Å². The molecule has 0 saturated carbocycles. The summed E-state index contributed by atoms with van der Waals surface area (Å²) in [7, 11) is 3.34. The number of hydrogen-bond acceptors (Lipinski definition) is 4. The molecule has 0 aliphatic carbocycles. The molecule has 17 heavy (non-hydrogen) atoms. The normalized spacial score (nSPS) is 15.9. The smallest absolute Gasteiger partial charge is 0.158 e. The molecule has 0 bridgehead atoms. The van der Waals surface area contributed by atoms with Crippen molar-refractivity contribution >= 4 is 0 Å². The lowest BCUT2D eigenvalue weighted by Crippen LogP contribution is -2.54. The van der Waals surface area contributed by atoms with E-state index in [1.807, 2.05) is 0 Å². The summed E-state index contributed by atoms with van der Waals surface area (Å²) >= 11 is 0. The molecule has 0 aliphatic rings. The van der Waals surface area contributed by atoms with Crippen LogP contribution >= 0.6 is 0 Å². The van der Waals surface area contributed by atoms with Crippen LogP contribution in [0.5, 0.6) is 0 Å². The van der Waals surface area contributed by atoms with Crippen LogP contribution in [0.15, 0.2) is 0 Å². The second-order valence-electron chi connectivity index (χ2n) is 5.24. The molecular formula is C13H30N2O2. The Balaban J connectivity index is 4.70. The molecule has 0 amide bonds. The molecule has 0 radical (unpaired) electrons. The van der Waals surface area contributed by atoms with E-state index < -0.39 is 0 Å². The van der Waals surface area contributed by atoms with Crippen LogP contribution in [-0.4, -0.2) is 50.6 Å². The molecular weight excluding hydrogens is 216 g/mol. The third-order valence-corrected chi connectivity index (χ3v) is 3.30. The molecule has 1 atom stereocenters. The highest BCUT2D eigenvalue weighted by atomic mass is 16.7. The lowest BCUT2D eigenvalue weighted by Gasteiger charge is -2.42. The van der Waals surface area contributed by atoms with Gasteiger partial charge in [0.15, 0.2) is 6.29 Å². The first-order valence-electron chi connectivity index (χ1n) is 6.44. The molecule has 0 aromatic carbocycles. The van der Waals surface area contributed by atoms with Gasteiger partial charge in [0.2, 0.25) is 0 Å². The highest BCUT2D eigenvalue weighted by Gasteiger charge is 2.32. The van der Waals surface area contributed by atoms with Crippen LogP contribution in [0, 0.1) is 5.92 Å². The monoisotopic (exact) mass is 246 g/mol. The van der Waals surface area contributed by atoms with Gasteiger partial charge in [-0.15, -0.1) is 0 Å². The summed E-state index contributed by atoms with van der Waals surface area (Å²) in [4.78, 5) is 2.42. The molecule has 4 heteroatoms. The van der Waals surface area contributed by atoms with Gasteiger partial charge in [-0.3, -0.25) is 4.90 Å². The van der Waals surface area contributed by atoms with Gasteiger partial charge in [0.05, 0.1) is 0 Å². The number of methoxy groups -OCH3 is 2. The summed E-state index contributed by atoms with van der Waals surface area (Å²) in [5, 5.41) is 0. The molecule has 0 spiro atoms. The highest BCUT2D eigenvalue weighted by Crippen LogP contribution is 2.22. The van der Waals surface area contributed by atoms with Crippen LogP contribution in [0.25, 0.3) is 0 Å². The maximum atomic E-state index is 5.96. The van der Waals surface area contributed by atoms with Gasteiger partial charge in [0.1, 0.15) is 0 Å². The van der Waals surface area contributed by atoms with E-state index in [0.29, 0.717) is 12.5 Å². The average molecular weight is 246 g/mol. The lowest BCUT2D eigenvalue weighted by atomic mass is 9.93. The summed E-state index contributed by atoms with van der Waals surface area (Å²) < 4.78 is 10.6. The Kier molecular flexibility index (Phi) is 7.96. The van der Waals surface area contributed by atoms with Crippen LogP contribution in [0.3, 0.4) is 0 Å². The predicted molar refractivity (Wildman–Crippen MR) is 72.0 cm³/mol. The Bertz CT molecular complexity index is 196. The predicted octanol–water partition coefficient (Wildman–Crippen LogP) is 1.69. The Morgan fingerprint density at radius 1 is 1.24 bits per heavy atom. The van der Waals surface area contributed by atoms with Crippen LogP contribution in [0.1, 0.15) is 34.1 Å². The van der Waals surface area contributed by atoms with Gasteiger partial charge >= 0.3 is 0 Å². The van der Waals surface area contributed by atoms with E-state index >= 15 is 0 Å². The van der Waals surface area contributed by atoms with Crippen molar-refractivity contribution in [2.24, 2.45) is 11.7 Å². The summed E-state index contributed by atoms with van der Waals surface area (Å²) in [5.74, 6) is 0.629. The Morgan fingerprint density at radius 3 is 2.06 bits per heavy atom. The van der Waals surface area contributed by atoms with Crippen molar-refractivity contribution < 1.29 is 9.47 Å². The molecule has 0 saturated heterocycles. The van der Waals surface area contributed by atoms with Crippen molar-refractivity contribution in [3.05, 3.63) is 0 Å². The van der Waals surface area contributed by atoms with Crippen molar-refractivity contribution in [3.8, 4) is 0 Å². The molecule has 4 nitrogen and oxygen atoms in total. The molecule has 0 aromatic rings. The van der Waals surface area contributed by atoms with E-state index in [1.165, 1.54) is 0 Å². The van der Waals surface area contributed by atoms with Crippen molar-refractivity contribution in [2.45, 2.75) is 45.9 Å². The van der Waals surface area contributed by atoms with Gasteiger partial charge in [0, 0.05) is 39.3 Å². The summed E-state index contributed by atoms with van der Waals surface area (Å²) in [6, 6.07) is 0. The standard InChI is InChI=1S/C13H30N2O2/c1-7-15(9-11(2)3)13(4,10-14)8-12(16-5)17-6/h11-12H,7-10,14H2,1-6H3. The van der Waals surface area contributed by atoms with Gasteiger partial charge < -0.3 is 15.2 Å². The Hall–Kier alpha value is -0.160. The van der Waals surface area contributed by atoms with Crippen molar-refractivity contribution in [1.82, 2.24) is 4.90 Å². The van der Waals surface area contributed by atoms with Crippen LogP contribution < -0.4 is 5.73 Å². The summed E-state index contributed by atoms with van der Waals surface area (Å²) in [6.45, 7) is 11.5. The molecule has 0 rings (SSSR count). The summed E-state index contributed by atoms with van der Waals surface area (Å²) in [6.07, 6.45) is 0.599. The Labute approximate surface area is 106 Å². The van der Waals surface area contributed by atoms with E-state index in [0.717, 1.165) is 19.5 Å². The minimum atomic E-state index is -0.190. The average Bonchev–Trinajstić information content (AvgIpc) is 2.32. The molecule has 2 N–H and O–H groups in total. The maximum absolute atomic E-state index is 5.96. The van der Waals surface area contributed by atoms with Gasteiger partial charge in [-0.05, 0) is 19.4 Å². The number of nitrogens with two attached hydrogens (primary N) is 1. The number of rotatable bonds is 9. The minimum Gasteiger partial charge on any atom is -0.356 e. The van der Waals surface area contributed by atoms with E-state index in [4.69, 9.17) is 15.2 Å². The number of likely N-dealkylation sites (N-methyl/N-ethyl adjacent to an activating group) is 1. The largest absolute Gasteiger partial charge is 0.356 e. The zero-order valence-electron chi connectivity index (χ0n) is 12.3. The fourth-order valence-corrected chi connectivity index (χ4v) is 2.14. The molecule has 0 aliphatic heterocycles. The topological polar surface area (TPSA) is 47.7 Å². The quantitative estimate of drug-likeness (QED) is 0.629. The molecule has 0 fully saturated rings. The highest BCUT2D eigenvalue weighted by molar-refractivity contribution is 4.88. The maximum Gasteiger partial charge on any atom is 0.158 e. The van der Waals surface area contributed by atoms with Gasteiger partial charge in [-0.1, -0.05) is 20.8 Å². The first-order chi connectivity index (χ1) is 7.93. The zero-order chi connectivity index (χ0) is 13.5. The summed E-state index contributed by atoms with van der Waals surface area (Å²) in [5.41, 5.74) is 5.89. The Morgan fingerprint density at radius 2 is 1.76 bits per heavy atom. The minimum absolute atomic E-state index is 0.0737. The first kappa shape index (κ1) is 16.8. The number of ether oxygens (including phenoxy) is 2. The van der Waals surface area contributed by atoms with E-state index in [2.05, 4.69) is 32.6 Å². The molecule has 0 heterocycles. The van der Waals surface area contributed by atoms with E-state index in [9.17, 15) is 0 Å². The van der Waals surface area contributed by atoms with Crippen molar-refractivity contribution in [2.75, 3.05) is 33.9 Å². The number of nitrogens with zero attached hydrogens (tertiary/aromatic N) is 1. The molecule has 104 valence electrons. The van der Waals surface area contributed by atoms with Gasteiger partial charge in [0.25, 0.3) is 0 Å². The van der Waals surface area contributed by atoms with Crippen molar-refractivity contribution in [1.29, 1.82) is 0 Å². The third kappa shape index (κ3) is 5.34. The second kappa shape index (κ2) is 8.03. The van der Waals surface area contributed by atoms with Crippen LogP contribution in [0.4, 0.5) is 0 Å². The third-order valence-electron chi connectivity index (χ3n) is 3.30. The number of hydrogen-bond donors (Lipinski definition) is 1. The van der Waals surface area contributed by atoms with E-state index in [-0.39, 0.29) is 11.8 Å². The van der Waals surface area contributed by atoms with Crippen LogP contribution in [-0.2, 0) is 9.47 Å². The van der Waals surface area contributed by atoms with Gasteiger partial charge in [-0.25, -0.2) is 0 Å². The molecule has 0 aromatic heterocycles. The zero-order valence-corrected chi connectivity index (χ0v) is 12.3. The second-order valence-corrected chi connectivity index (χ2v) is 5.24. The fourth-order valence-electron chi connectivity index (χ4n) is 2.14. The lowest BCUT2D eigenvalue weighted by molar-refractivity contribution is -0.129. The van der Waals surface area contributed by atoms with Crippen LogP contribution in [0.2, 0.25) is 0 Å². The molecule has 1 unspecified atom stereocenters. The first-order valence-corrected chi connectivity index (χ1v) is 6.44. The van der Waals surface area contributed by atoms with Crippen molar-refractivity contribution in [3.63, 3.8) is 0 Å².